The summed E-state index contributed by atoms with van der Waals surface area (Å²) in [7, 11) is 0. The number of hydrogen-bond donors (Lipinski definition) is 1. The van der Waals surface area contributed by atoms with E-state index in [2.05, 4.69) is 49.2 Å². The molecule has 1 aliphatic heterocycles. The zero-order chi connectivity index (χ0) is 18.5. The van der Waals surface area contributed by atoms with Gasteiger partial charge in [0, 0.05) is 50.6 Å². The molecule has 7 nitrogen and oxygen atoms in total. The number of aliphatic hydroxyl groups is 1. The van der Waals surface area contributed by atoms with Gasteiger partial charge in [-0.3, -0.25) is 4.90 Å². The molecule has 1 atom stereocenters. The molecule has 140 valence electrons. The molecule has 27 heavy (non-hydrogen) atoms. The van der Waals surface area contributed by atoms with E-state index in [1.165, 1.54) is 12.0 Å². The first-order valence-corrected chi connectivity index (χ1v) is 9.20. The van der Waals surface area contributed by atoms with Crippen molar-refractivity contribution in [1.29, 1.82) is 0 Å². The molecule has 0 radical (unpaired) electrons. The fourth-order valence-corrected chi connectivity index (χ4v) is 3.58. The van der Waals surface area contributed by atoms with E-state index in [4.69, 9.17) is 4.52 Å². The third kappa shape index (κ3) is 4.15. The van der Waals surface area contributed by atoms with Crippen LogP contribution in [0.25, 0.3) is 11.4 Å². The number of anilines is 1. The zero-order valence-corrected chi connectivity index (χ0v) is 15.1. The van der Waals surface area contributed by atoms with Crippen molar-refractivity contribution in [3.8, 4) is 11.4 Å². The first-order chi connectivity index (χ1) is 13.3. The highest BCUT2D eigenvalue weighted by Crippen LogP contribution is 2.24. The maximum absolute atomic E-state index is 9.54. The summed E-state index contributed by atoms with van der Waals surface area (Å²) in [6, 6.07) is 14.6. The number of benzene rings is 1. The molecular formula is C20H23N5O2. The van der Waals surface area contributed by atoms with Gasteiger partial charge < -0.3 is 14.5 Å². The summed E-state index contributed by atoms with van der Waals surface area (Å²) in [6.45, 7) is 3.72. The summed E-state index contributed by atoms with van der Waals surface area (Å²) in [4.78, 5) is 13.4. The summed E-state index contributed by atoms with van der Waals surface area (Å²) >= 11 is 0. The number of nitrogens with zero attached hydrogens (tertiary/aromatic N) is 5. The molecule has 1 N–H and O–H groups in total. The maximum Gasteiger partial charge on any atom is 0.214 e. The molecule has 0 unspecified atom stereocenters. The van der Waals surface area contributed by atoms with E-state index in [-0.39, 0.29) is 12.6 Å². The second kappa shape index (κ2) is 8.28. The summed E-state index contributed by atoms with van der Waals surface area (Å²) in [5, 5.41) is 13.4. The van der Waals surface area contributed by atoms with Gasteiger partial charge in [0.2, 0.25) is 12.2 Å². The monoisotopic (exact) mass is 365 g/mol. The van der Waals surface area contributed by atoms with E-state index in [1.807, 2.05) is 18.2 Å². The van der Waals surface area contributed by atoms with Gasteiger partial charge >= 0.3 is 0 Å². The van der Waals surface area contributed by atoms with Gasteiger partial charge in [0.25, 0.3) is 0 Å². The van der Waals surface area contributed by atoms with Crippen LogP contribution in [0.2, 0.25) is 0 Å². The fourth-order valence-electron chi connectivity index (χ4n) is 3.58. The Hall–Kier alpha value is -2.77. The third-order valence-electron chi connectivity index (χ3n) is 4.98. The van der Waals surface area contributed by atoms with E-state index in [0.717, 1.165) is 44.0 Å². The van der Waals surface area contributed by atoms with Gasteiger partial charge in [0.1, 0.15) is 5.82 Å². The van der Waals surface area contributed by atoms with Gasteiger partial charge in [-0.1, -0.05) is 35.5 Å². The number of piperazine rings is 1. The van der Waals surface area contributed by atoms with Crippen molar-refractivity contribution >= 4 is 5.82 Å². The van der Waals surface area contributed by atoms with Crippen LogP contribution in [0.4, 0.5) is 5.82 Å². The lowest BCUT2D eigenvalue weighted by Gasteiger charge is -2.42. The molecule has 1 saturated heterocycles. The molecule has 3 aromatic rings. The Morgan fingerprint density at radius 2 is 2.00 bits per heavy atom. The topological polar surface area (TPSA) is 78.5 Å². The van der Waals surface area contributed by atoms with Crippen LogP contribution >= 0.6 is 0 Å². The van der Waals surface area contributed by atoms with Crippen molar-refractivity contribution in [2.24, 2.45) is 0 Å². The summed E-state index contributed by atoms with van der Waals surface area (Å²) in [5.74, 6) is 1.47. The van der Waals surface area contributed by atoms with Crippen LogP contribution in [0.15, 0.2) is 59.6 Å². The average molecular weight is 365 g/mol. The minimum atomic E-state index is 0.181. The van der Waals surface area contributed by atoms with Crippen LogP contribution in [-0.2, 0) is 6.54 Å². The molecule has 1 aliphatic rings. The Morgan fingerprint density at radius 1 is 1.11 bits per heavy atom. The van der Waals surface area contributed by atoms with Crippen LogP contribution in [0, 0.1) is 0 Å². The SMILES string of the molecule is OCC[C@H]1CN(c2cc(-c3ncon3)ccn2)CCN1Cc1ccccc1. The van der Waals surface area contributed by atoms with Gasteiger partial charge in [-0.2, -0.15) is 4.98 Å². The molecule has 0 spiro atoms. The lowest BCUT2D eigenvalue weighted by atomic mass is 10.1. The molecule has 3 heterocycles. The van der Waals surface area contributed by atoms with Crippen molar-refractivity contribution < 1.29 is 9.63 Å². The normalized spacial score (nSPS) is 18.0. The van der Waals surface area contributed by atoms with Crippen molar-refractivity contribution in [3.05, 3.63) is 60.6 Å². The predicted octanol–water partition coefficient (Wildman–Crippen LogP) is 2.20. The van der Waals surface area contributed by atoms with E-state index in [1.54, 1.807) is 6.20 Å². The van der Waals surface area contributed by atoms with Crippen molar-refractivity contribution in [1.82, 2.24) is 20.0 Å². The molecule has 1 fully saturated rings. The number of pyridine rings is 1. The Bertz CT molecular complexity index is 841. The van der Waals surface area contributed by atoms with Crippen molar-refractivity contribution in [2.45, 2.75) is 19.0 Å². The highest BCUT2D eigenvalue weighted by Gasteiger charge is 2.27. The molecule has 0 bridgehead atoms. The number of aromatic nitrogens is 3. The largest absolute Gasteiger partial charge is 0.396 e. The summed E-state index contributed by atoms with van der Waals surface area (Å²) in [5.41, 5.74) is 2.19. The van der Waals surface area contributed by atoms with Crippen LogP contribution in [-0.4, -0.2) is 57.4 Å². The summed E-state index contributed by atoms with van der Waals surface area (Å²) in [6.07, 6.45) is 3.85. The molecule has 4 rings (SSSR count). The van der Waals surface area contributed by atoms with E-state index < -0.39 is 0 Å². The van der Waals surface area contributed by atoms with Gasteiger partial charge in [-0.05, 0) is 24.1 Å². The second-order valence-corrected chi connectivity index (χ2v) is 6.73. The number of aliphatic hydroxyl groups excluding tert-OH is 1. The first kappa shape index (κ1) is 17.6. The predicted molar refractivity (Wildman–Crippen MR) is 102 cm³/mol. The molecular weight excluding hydrogens is 342 g/mol. The van der Waals surface area contributed by atoms with Crippen molar-refractivity contribution in [3.63, 3.8) is 0 Å². The maximum atomic E-state index is 9.54. The first-order valence-electron chi connectivity index (χ1n) is 9.20. The Balaban J connectivity index is 1.49. The number of hydrogen-bond acceptors (Lipinski definition) is 7. The van der Waals surface area contributed by atoms with E-state index in [0.29, 0.717) is 5.82 Å². The standard InChI is InChI=1S/C20H23N5O2/c26-11-7-18-14-25(10-9-24(18)13-16-4-2-1-3-5-16)19-12-17(6-8-21-19)20-22-15-27-23-20/h1-6,8,12,15,18,26H,7,9-11,13-14H2/t18-/m0/s1. The second-order valence-electron chi connectivity index (χ2n) is 6.73. The fraction of sp³-hybridized carbons (Fsp3) is 0.350. The van der Waals surface area contributed by atoms with Crippen molar-refractivity contribution in [2.75, 3.05) is 31.1 Å². The average Bonchev–Trinajstić information content (AvgIpc) is 3.25. The zero-order valence-electron chi connectivity index (χ0n) is 15.1. The van der Waals surface area contributed by atoms with E-state index in [9.17, 15) is 5.11 Å². The molecule has 0 amide bonds. The third-order valence-corrected chi connectivity index (χ3v) is 4.98. The lowest BCUT2D eigenvalue weighted by molar-refractivity contribution is 0.135. The molecule has 0 saturated carbocycles. The molecule has 1 aromatic carbocycles. The minimum Gasteiger partial charge on any atom is -0.396 e. The van der Waals surface area contributed by atoms with Gasteiger partial charge in [-0.15, -0.1) is 0 Å². The van der Waals surface area contributed by atoms with Crippen LogP contribution < -0.4 is 4.90 Å². The van der Waals surface area contributed by atoms with Crippen LogP contribution in [0.1, 0.15) is 12.0 Å². The summed E-state index contributed by atoms with van der Waals surface area (Å²) < 4.78 is 4.84. The molecule has 2 aromatic heterocycles. The lowest BCUT2D eigenvalue weighted by Crippen LogP contribution is -2.53. The Morgan fingerprint density at radius 3 is 2.78 bits per heavy atom. The smallest absolute Gasteiger partial charge is 0.214 e. The van der Waals surface area contributed by atoms with Gasteiger partial charge in [-0.25, -0.2) is 4.98 Å². The minimum absolute atomic E-state index is 0.181. The highest BCUT2D eigenvalue weighted by atomic mass is 16.5. The van der Waals surface area contributed by atoms with Crippen LogP contribution in [0.5, 0.6) is 0 Å². The highest BCUT2D eigenvalue weighted by molar-refractivity contribution is 5.59. The molecule has 7 heteroatoms. The van der Waals surface area contributed by atoms with E-state index >= 15 is 0 Å². The molecule has 0 aliphatic carbocycles. The number of rotatable bonds is 6. The van der Waals surface area contributed by atoms with Gasteiger partial charge in [0.05, 0.1) is 0 Å². The quantitative estimate of drug-likeness (QED) is 0.717. The Labute approximate surface area is 158 Å². The Kier molecular flexibility index (Phi) is 5.41. The van der Waals surface area contributed by atoms with Gasteiger partial charge in [0.15, 0.2) is 0 Å². The van der Waals surface area contributed by atoms with Crippen LogP contribution in [0.3, 0.4) is 0 Å².